The van der Waals surface area contributed by atoms with Crippen LogP contribution in [0.1, 0.15) is 11.8 Å². The second-order valence-corrected chi connectivity index (χ2v) is 6.35. The molecule has 0 saturated carbocycles. The summed E-state index contributed by atoms with van der Waals surface area (Å²) >= 11 is 12.0. The molecule has 3 aromatic rings. The van der Waals surface area contributed by atoms with E-state index in [4.69, 9.17) is 27.9 Å². The molecule has 0 radical (unpaired) electrons. The van der Waals surface area contributed by atoms with E-state index in [2.05, 4.69) is 10.3 Å². The molecule has 5 nitrogen and oxygen atoms in total. The van der Waals surface area contributed by atoms with Crippen LogP contribution in [0.15, 0.2) is 48.7 Å². The third kappa shape index (κ3) is 3.90. The summed E-state index contributed by atoms with van der Waals surface area (Å²) in [7, 11) is 3.47. The standard InChI is InChI=1S/C18H17Cl2N3O2/c1-23-10-16(11-3-6-13(25-2)7-4-11)21-18(23)22-17(24)14-8-5-12(19)9-15(14)20/h3-10,17,24H,1-2H3,(H,21,22). The van der Waals surface area contributed by atoms with E-state index in [0.717, 1.165) is 17.0 Å². The second kappa shape index (κ2) is 7.35. The summed E-state index contributed by atoms with van der Waals surface area (Å²) in [5.41, 5.74) is 2.26. The van der Waals surface area contributed by atoms with Gasteiger partial charge in [-0.05, 0) is 36.4 Å². The Balaban J connectivity index is 1.82. The Morgan fingerprint density at radius 2 is 1.88 bits per heavy atom. The Hall–Kier alpha value is -2.21. The van der Waals surface area contributed by atoms with Crippen LogP contribution in [0.25, 0.3) is 11.3 Å². The van der Waals surface area contributed by atoms with Gasteiger partial charge in [0, 0.05) is 34.4 Å². The third-order valence-corrected chi connectivity index (χ3v) is 4.35. The van der Waals surface area contributed by atoms with Gasteiger partial charge in [-0.1, -0.05) is 29.3 Å². The highest BCUT2D eigenvalue weighted by molar-refractivity contribution is 6.35. The monoisotopic (exact) mass is 377 g/mol. The van der Waals surface area contributed by atoms with Crippen LogP contribution in [-0.2, 0) is 7.05 Å². The van der Waals surface area contributed by atoms with E-state index in [1.807, 2.05) is 37.5 Å². The van der Waals surface area contributed by atoms with Crippen molar-refractivity contribution in [3.8, 4) is 17.0 Å². The molecule has 1 unspecified atom stereocenters. The molecule has 2 N–H and O–H groups in total. The van der Waals surface area contributed by atoms with Crippen molar-refractivity contribution in [1.29, 1.82) is 0 Å². The van der Waals surface area contributed by atoms with Crippen molar-refractivity contribution in [2.75, 3.05) is 12.4 Å². The van der Waals surface area contributed by atoms with Crippen LogP contribution in [0, 0.1) is 0 Å². The molecule has 0 fully saturated rings. The lowest BCUT2D eigenvalue weighted by Gasteiger charge is -2.15. The maximum atomic E-state index is 10.4. The van der Waals surface area contributed by atoms with Gasteiger partial charge in [-0.2, -0.15) is 0 Å². The Labute approximate surface area is 155 Å². The van der Waals surface area contributed by atoms with E-state index < -0.39 is 6.23 Å². The zero-order valence-corrected chi connectivity index (χ0v) is 15.2. The molecule has 2 aromatic carbocycles. The number of ether oxygens (including phenoxy) is 1. The number of aryl methyl sites for hydroxylation is 1. The lowest BCUT2D eigenvalue weighted by Crippen LogP contribution is -2.13. The van der Waals surface area contributed by atoms with E-state index in [1.54, 1.807) is 29.9 Å². The largest absolute Gasteiger partial charge is 0.497 e. The molecular weight excluding hydrogens is 361 g/mol. The van der Waals surface area contributed by atoms with E-state index in [9.17, 15) is 5.11 Å². The van der Waals surface area contributed by atoms with Crippen LogP contribution in [0.4, 0.5) is 5.95 Å². The minimum Gasteiger partial charge on any atom is -0.497 e. The van der Waals surface area contributed by atoms with Crippen LogP contribution >= 0.6 is 23.2 Å². The molecule has 0 aliphatic carbocycles. The molecule has 25 heavy (non-hydrogen) atoms. The quantitative estimate of drug-likeness (QED) is 0.642. The Bertz CT molecular complexity index is 879. The van der Waals surface area contributed by atoms with Gasteiger partial charge in [0.05, 0.1) is 12.8 Å². The number of aliphatic hydroxyl groups is 1. The molecule has 3 rings (SSSR count). The first-order chi connectivity index (χ1) is 12.0. The van der Waals surface area contributed by atoms with Gasteiger partial charge in [0.25, 0.3) is 0 Å². The number of aliphatic hydroxyl groups excluding tert-OH is 1. The van der Waals surface area contributed by atoms with Crippen molar-refractivity contribution < 1.29 is 9.84 Å². The van der Waals surface area contributed by atoms with E-state index >= 15 is 0 Å². The average Bonchev–Trinajstić information content (AvgIpc) is 2.95. The zero-order valence-electron chi connectivity index (χ0n) is 13.7. The van der Waals surface area contributed by atoms with E-state index in [1.165, 1.54) is 0 Å². The molecule has 1 heterocycles. The number of anilines is 1. The summed E-state index contributed by atoms with van der Waals surface area (Å²) in [5, 5.41) is 14.3. The SMILES string of the molecule is COc1ccc(-c2cn(C)c(NC(O)c3ccc(Cl)cc3Cl)n2)cc1. The third-order valence-electron chi connectivity index (χ3n) is 3.79. The number of hydrogen-bond donors (Lipinski definition) is 2. The molecule has 1 atom stereocenters. The van der Waals surface area contributed by atoms with Crippen molar-refractivity contribution in [3.63, 3.8) is 0 Å². The van der Waals surface area contributed by atoms with E-state index in [-0.39, 0.29) is 0 Å². The van der Waals surface area contributed by atoms with Gasteiger partial charge < -0.3 is 19.7 Å². The molecule has 130 valence electrons. The lowest BCUT2D eigenvalue weighted by molar-refractivity contribution is 0.207. The van der Waals surface area contributed by atoms with Gasteiger partial charge >= 0.3 is 0 Å². The van der Waals surface area contributed by atoms with Crippen molar-refractivity contribution in [2.45, 2.75) is 6.23 Å². The minimum atomic E-state index is -1.01. The van der Waals surface area contributed by atoms with Crippen molar-refractivity contribution in [1.82, 2.24) is 9.55 Å². The number of nitrogens with one attached hydrogen (secondary N) is 1. The maximum Gasteiger partial charge on any atom is 0.205 e. The van der Waals surface area contributed by atoms with Crippen molar-refractivity contribution >= 4 is 29.2 Å². The topological polar surface area (TPSA) is 59.3 Å². The summed E-state index contributed by atoms with van der Waals surface area (Å²) in [6.45, 7) is 0. The number of hydrogen-bond acceptors (Lipinski definition) is 4. The van der Waals surface area contributed by atoms with Crippen LogP contribution in [-0.4, -0.2) is 21.8 Å². The highest BCUT2D eigenvalue weighted by Crippen LogP contribution is 2.28. The first-order valence-electron chi connectivity index (χ1n) is 7.55. The number of methoxy groups -OCH3 is 1. The Morgan fingerprint density at radius 3 is 2.52 bits per heavy atom. The highest BCUT2D eigenvalue weighted by atomic mass is 35.5. The van der Waals surface area contributed by atoms with E-state index in [0.29, 0.717) is 21.6 Å². The first-order valence-corrected chi connectivity index (χ1v) is 8.31. The second-order valence-electron chi connectivity index (χ2n) is 5.50. The van der Waals surface area contributed by atoms with Gasteiger partial charge in [-0.25, -0.2) is 4.98 Å². The molecule has 0 spiro atoms. The van der Waals surface area contributed by atoms with Crippen molar-refractivity contribution in [2.24, 2.45) is 7.05 Å². The molecule has 1 aromatic heterocycles. The fourth-order valence-corrected chi connectivity index (χ4v) is 2.94. The van der Waals surface area contributed by atoms with Gasteiger partial charge in [0.2, 0.25) is 5.95 Å². The fourth-order valence-electron chi connectivity index (χ4n) is 2.42. The first kappa shape index (κ1) is 17.6. The number of aromatic nitrogens is 2. The van der Waals surface area contributed by atoms with Gasteiger partial charge in [-0.3, -0.25) is 0 Å². The summed E-state index contributed by atoms with van der Waals surface area (Å²) in [6.07, 6.45) is 0.870. The van der Waals surface area contributed by atoms with Crippen LogP contribution in [0.5, 0.6) is 5.75 Å². The number of imidazole rings is 1. The van der Waals surface area contributed by atoms with Crippen LogP contribution in [0.3, 0.4) is 0 Å². The van der Waals surface area contributed by atoms with Gasteiger partial charge in [0.1, 0.15) is 5.75 Å². The number of halogens is 2. The van der Waals surface area contributed by atoms with Crippen LogP contribution in [0.2, 0.25) is 10.0 Å². The van der Waals surface area contributed by atoms with Gasteiger partial charge in [0.15, 0.2) is 6.23 Å². The summed E-state index contributed by atoms with van der Waals surface area (Å²) in [6, 6.07) is 12.5. The summed E-state index contributed by atoms with van der Waals surface area (Å²) < 4.78 is 6.96. The normalized spacial score (nSPS) is 12.0. The zero-order chi connectivity index (χ0) is 18.0. The van der Waals surface area contributed by atoms with Crippen molar-refractivity contribution in [3.05, 3.63) is 64.3 Å². The molecule has 0 amide bonds. The number of nitrogens with zero attached hydrogens (tertiary/aromatic N) is 2. The lowest BCUT2D eigenvalue weighted by atomic mass is 10.2. The van der Waals surface area contributed by atoms with Crippen LogP contribution < -0.4 is 10.1 Å². The molecule has 0 aliphatic heterocycles. The summed E-state index contributed by atoms with van der Waals surface area (Å²) in [5.74, 6) is 1.30. The maximum absolute atomic E-state index is 10.4. The van der Waals surface area contributed by atoms with Gasteiger partial charge in [-0.15, -0.1) is 0 Å². The smallest absolute Gasteiger partial charge is 0.205 e. The number of benzene rings is 2. The number of rotatable bonds is 5. The molecule has 7 heteroatoms. The summed E-state index contributed by atoms with van der Waals surface area (Å²) in [4.78, 5) is 4.53. The molecule has 0 saturated heterocycles. The average molecular weight is 378 g/mol. The minimum absolute atomic E-state index is 0.386. The molecule has 0 aliphatic rings. The Morgan fingerprint density at radius 1 is 1.16 bits per heavy atom. The molecule has 0 bridgehead atoms. The predicted octanol–water partition coefficient (Wildman–Crippen LogP) is 4.51. The predicted molar refractivity (Wildman–Crippen MR) is 100 cm³/mol. The highest BCUT2D eigenvalue weighted by Gasteiger charge is 2.15. The fraction of sp³-hybridized carbons (Fsp3) is 0.167. The Kier molecular flexibility index (Phi) is 5.18. The molecular formula is C18H17Cl2N3O2.